The molecule has 0 aliphatic heterocycles. The summed E-state index contributed by atoms with van der Waals surface area (Å²) in [6.45, 7) is 8.20. The molecule has 0 radical (unpaired) electrons. The Kier molecular flexibility index (Phi) is 7.04. The van der Waals surface area contributed by atoms with Crippen molar-refractivity contribution in [3.8, 4) is 0 Å². The molecule has 2 amide bonds. The molecule has 0 aliphatic rings. The van der Waals surface area contributed by atoms with Crippen LogP contribution in [0.15, 0.2) is 0 Å². The van der Waals surface area contributed by atoms with Crippen LogP contribution >= 0.6 is 11.3 Å². The van der Waals surface area contributed by atoms with E-state index in [1.54, 1.807) is 18.7 Å². The predicted octanol–water partition coefficient (Wildman–Crippen LogP) is 2.90. The van der Waals surface area contributed by atoms with Gasteiger partial charge in [0.05, 0.1) is 12.1 Å². The van der Waals surface area contributed by atoms with Crippen molar-refractivity contribution >= 4 is 22.5 Å². The van der Waals surface area contributed by atoms with Gasteiger partial charge in [0.1, 0.15) is 5.01 Å². The molecule has 120 valence electrons. The second-order valence-electron chi connectivity index (χ2n) is 5.71. The quantitative estimate of drug-likeness (QED) is 0.723. The summed E-state index contributed by atoms with van der Waals surface area (Å²) >= 11 is 1.41. The number of anilines is 1. The zero-order valence-corrected chi connectivity index (χ0v) is 14.2. The maximum Gasteiger partial charge on any atom is 0.323 e. The number of hydrogen-bond donors (Lipinski definition) is 2. The van der Waals surface area contributed by atoms with E-state index >= 15 is 0 Å². The number of aromatic nitrogens is 2. The predicted molar refractivity (Wildman–Crippen MR) is 85.7 cm³/mol. The lowest BCUT2D eigenvalue weighted by molar-refractivity contribution is 0.0501. The van der Waals surface area contributed by atoms with Gasteiger partial charge in [-0.05, 0) is 27.2 Å². The van der Waals surface area contributed by atoms with Crippen molar-refractivity contribution in [2.45, 2.75) is 59.0 Å². The molecule has 1 aromatic rings. The first-order chi connectivity index (χ1) is 9.85. The highest BCUT2D eigenvalue weighted by molar-refractivity contribution is 7.15. The molecule has 0 saturated heterocycles. The lowest BCUT2D eigenvalue weighted by atomic mass is 10.1. The summed E-state index contributed by atoms with van der Waals surface area (Å²) in [5, 5.41) is 22.1. The summed E-state index contributed by atoms with van der Waals surface area (Å²) in [4.78, 5) is 13.7. The van der Waals surface area contributed by atoms with Crippen LogP contribution in [0, 0.1) is 0 Å². The van der Waals surface area contributed by atoms with Gasteiger partial charge in [0.2, 0.25) is 5.13 Å². The van der Waals surface area contributed by atoms with Crippen molar-refractivity contribution in [3.05, 3.63) is 5.01 Å². The Hall–Kier alpha value is -1.21. The van der Waals surface area contributed by atoms with Gasteiger partial charge in [-0.3, -0.25) is 5.32 Å². The molecule has 1 aromatic heterocycles. The first kappa shape index (κ1) is 17.8. The molecule has 1 rings (SSSR count). The smallest absolute Gasteiger partial charge is 0.323 e. The van der Waals surface area contributed by atoms with Crippen molar-refractivity contribution in [2.24, 2.45) is 0 Å². The summed E-state index contributed by atoms with van der Waals surface area (Å²) < 4.78 is 0. The van der Waals surface area contributed by atoms with Crippen molar-refractivity contribution < 1.29 is 9.90 Å². The van der Waals surface area contributed by atoms with Gasteiger partial charge in [-0.15, -0.1) is 10.2 Å². The third kappa shape index (κ3) is 6.86. The van der Waals surface area contributed by atoms with Crippen LogP contribution < -0.4 is 5.32 Å². The number of aryl methyl sites for hydroxylation is 1. The number of carbonyl (C=O) groups excluding carboxylic acids is 1. The first-order valence-corrected chi connectivity index (χ1v) is 8.28. The Morgan fingerprint density at radius 1 is 1.33 bits per heavy atom. The van der Waals surface area contributed by atoms with Crippen LogP contribution in [0.2, 0.25) is 0 Å². The molecular formula is C14H26N4O2S. The summed E-state index contributed by atoms with van der Waals surface area (Å²) in [6.07, 6.45) is 4.35. The highest BCUT2D eigenvalue weighted by Crippen LogP contribution is 2.18. The van der Waals surface area contributed by atoms with Crippen molar-refractivity contribution in [3.63, 3.8) is 0 Å². The minimum atomic E-state index is -0.917. The molecule has 0 aliphatic carbocycles. The van der Waals surface area contributed by atoms with Crippen LogP contribution in [0.4, 0.5) is 9.93 Å². The van der Waals surface area contributed by atoms with Crippen molar-refractivity contribution in [1.29, 1.82) is 0 Å². The monoisotopic (exact) mass is 314 g/mol. The highest BCUT2D eigenvalue weighted by atomic mass is 32.1. The molecular weight excluding hydrogens is 288 g/mol. The highest BCUT2D eigenvalue weighted by Gasteiger charge is 2.22. The molecule has 2 N–H and O–H groups in total. The number of carbonyl (C=O) groups is 1. The number of nitrogens with one attached hydrogen (secondary N) is 1. The van der Waals surface area contributed by atoms with E-state index in [1.807, 2.05) is 6.92 Å². The van der Waals surface area contributed by atoms with Crippen LogP contribution in [0.5, 0.6) is 0 Å². The lowest BCUT2D eigenvalue weighted by Crippen LogP contribution is -2.44. The van der Waals surface area contributed by atoms with E-state index in [2.05, 4.69) is 22.4 Å². The SMILES string of the molecule is CCCCCc1nnc(NC(=O)N(CC)CC(C)(C)O)s1. The molecule has 1 heterocycles. The number of unbranched alkanes of at least 4 members (excludes halogenated alkanes) is 2. The fraction of sp³-hybridized carbons (Fsp3) is 0.786. The number of nitrogens with zero attached hydrogens (tertiary/aromatic N) is 3. The third-order valence-electron chi connectivity index (χ3n) is 2.92. The average Bonchev–Trinajstić information content (AvgIpc) is 2.82. The van der Waals surface area contributed by atoms with Crippen LogP contribution in [-0.4, -0.2) is 44.9 Å². The molecule has 0 atom stereocenters. The largest absolute Gasteiger partial charge is 0.389 e. The van der Waals surface area contributed by atoms with Gasteiger partial charge in [0.25, 0.3) is 0 Å². The number of hydrogen-bond acceptors (Lipinski definition) is 5. The van der Waals surface area contributed by atoms with Gasteiger partial charge in [-0.25, -0.2) is 4.79 Å². The van der Waals surface area contributed by atoms with E-state index in [0.717, 1.165) is 17.8 Å². The summed E-state index contributed by atoms with van der Waals surface area (Å²) in [7, 11) is 0. The fourth-order valence-electron chi connectivity index (χ4n) is 1.90. The summed E-state index contributed by atoms with van der Waals surface area (Å²) in [5.74, 6) is 0. The summed E-state index contributed by atoms with van der Waals surface area (Å²) in [6, 6.07) is -0.254. The van der Waals surface area contributed by atoms with Gasteiger partial charge in [-0.1, -0.05) is 31.1 Å². The molecule has 0 saturated carbocycles. The minimum absolute atomic E-state index is 0.254. The zero-order chi connectivity index (χ0) is 15.9. The van der Waals surface area contributed by atoms with Crippen LogP contribution in [0.25, 0.3) is 0 Å². The van der Waals surface area contributed by atoms with Crippen molar-refractivity contribution in [2.75, 3.05) is 18.4 Å². The van der Waals surface area contributed by atoms with E-state index in [-0.39, 0.29) is 12.6 Å². The molecule has 0 fully saturated rings. The number of urea groups is 1. The second-order valence-corrected chi connectivity index (χ2v) is 6.78. The van der Waals surface area contributed by atoms with E-state index in [9.17, 15) is 9.90 Å². The molecule has 6 nitrogen and oxygen atoms in total. The number of likely N-dealkylation sites (N-methyl/N-ethyl adjacent to an activating group) is 1. The Balaban J connectivity index is 2.53. The average molecular weight is 314 g/mol. The molecule has 0 bridgehead atoms. The number of aliphatic hydroxyl groups is 1. The number of rotatable bonds is 8. The number of amides is 2. The maximum absolute atomic E-state index is 12.1. The first-order valence-electron chi connectivity index (χ1n) is 7.46. The molecule has 21 heavy (non-hydrogen) atoms. The molecule has 0 spiro atoms. The Bertz CT molecular complexity index is 442. The van der Waals surface area contributed by atoms with Crippen molar-refractivity contribution in [1.82, 2.24) is 15.1 Å². The topological polar surface area (TPSA) is 78.4 Å². The Labute approximate surface area is 130 Å². The summed E-state index contributed by atoms with van der Waals surface area (Å²) in [5.41, 5.74) is -0.917. The van der Waals surface area contributed by atoms with E-state index < -0.39 is 5.60 Å². The normalized spacial score (nSPS) is 11.5. The van der Waals surface area contributed by atoms with Crippen LogP contribution in [0.1, 0.15) is 52.0 Å². The lowest BCUT2D eigenvalue weighted by Gasteiger charge is -2.27. The molecule has 0 aromatic carbocycles. The van der Waals surface area contributed by atoms with Gasteiger partial charge in [0, 0.05) is 13.0 Å². The van der Waals surface area contributed by atoms with Crippen LogP contribution in [0.3, 0.4) is 0 Å². The van der Waals surface area contributed by atoms with E-state index in [4.69, 9.17) is 0 Å². The van der Waals surface area contributed by atoms with Gasteiger partial charge >= 0.3 is 6.03 Å². The van der Waals surface area contributed by atoms with Gasteiger partial charge in [0.15, 0.2) is 0 Å². The van der Waals surface area contributed by atoms with E-state index in [1.165, 1.54) is 24.2 Å². The Morgan fingerprint density at radius 3 is 2.62 bits per heavy atom. The fourth-order valence-corrected chi connectivity index (χ4v) is 2.67. The maximum atomic E-state index is 12.1. The third-order valence-corrected chi connectivity index (χ3v) is 3.82. The van der Waals surface area contributed by atoms with Crippen LogP contribution in [-0.2, 0) is 6.42 Å². The Morgan fingerprint density at radius 2 is 2.05 bits per heavy atom. The molecule has 0 unspecified atom stereocenters. The molecule has 7 heteroatoms. The minimum Gasteiger partial charge on any atom is -0.389 e. The van der Waals surface area contributed by atoms with E-state index in [0.29, 0.717) is 11.7 Å². The zero-order valence-electron chi connectivity index (χ0n) is 13.3. The van der Waals surface area contributed by atoms with Gasteiger partial charge in [-0.2, -0.15) is 0 Å². The second kappa shape index (κ2) is 8.29. The van der Waals surface area contributed by atoms with Gasteiger partial charge < -0.3 is 10.0 Å². The standard InChI is InChI=1S/C14H26N4O2S/c1-5-7-8-9-11-16-17-12(21-11)15-13(19)18(6-2)10-14(3,4)20/h20H,5-10H2,1-4H3,(H,15,17,19).